The summed E-state index contributed by atoms with van der Waals surface area (Å²) >= 11 is 0. The molecule has 4 heteroatoms. The zero-order valence-electron chi connectivity index (χ0n) is 9.66. The predicted octanol–water partition coefficient (Wildman–Crippen LogP) is 1.53. The van der Waals surface area contributed by atoms with Crippen LogP contribution in [0.5, 0.6) is 17.2 Å². The molecule has 0 radical (unpaired) electrons. The summed E-state index contributed by atoms with van der Waals surface area (Å²) in [5.41, 5.74) is 6.74. The lowest BCUT2D eigenvalue weighted by Gasteiger charge is -2.23. The van der Waals surface area contributed by atoms with Crippen molar-refractivity contribution in [2.45, 2.75) is 12.8 Å². The van der Waals surface area contributed by atoms with Gasteiger partial charge in [0.1, 0.15) is 13.2 Å². The van der Waals surface area contributed by atoms with E-state index in [1.807, 2.05) is 12.1 Å². The van der Waals surface area contributed by atoms with Gasteiger partial charge in [-0.05, 0) is 18.5 Å². The van der Waals surface area contributed by atoms with Crippen LogP contribution in [0.4, 0.5) is 0 Å². The van der Waals surface area contributed by atoms with Gasteiger partial charge >= 0.3 is 0 Å². The Kier molecular flexibility index (Phi) is 3.19. The Bertz CT molecular complexity index is 379. The van der Waals surface area contributed by atoms with Crippen molar-refractivity contribution < 1.29 is 14.2 Å². The van der Waals surface area contributed by atoms with Gasteiger partial charge in [-0.25, -0.2) is 0 Å². The lowest BCUT2D eigenvalue weighted by Crippen LogP contribution is -2.17. The smallest absolute Gasteiger partial charge is 0.203 e. The SMILES string of the molecule is COc1c(C(C)CN)ccc2c1OCCO2. The standard InChI is InChI=1S/C12H17NO3/c1-8(7-13)9-3-4-10-12(11(9)14-2)16-6-5-15-10/h3-4,8H,5-7,13H2,1-2H3. The molecule has 0 amide bonds. The second kappa shape index (κ2) is 4.61. The molecule has 1 aliphatic rings. The van der Waals surface area contributed by atoms with Crippen molar-refractivity contribution in [1.29, 1.82) is 0 Å². The average Bonchev–Trinajstić information content (AvgIpc) is 2.36. The number of nitrogens with two attached hydrogens (primary N) is 1. The van der Waals surface area contributed by atoms with Gasteiger partial charge in [0.2, 0.25) is 5.75 Å². The molecule has 1 atom stereocenters. The number of methoxy groups -OCH3 is 1. The quantitative estimate of drug-likeness (QED) is 0.844. The van der Waals surface area contributed by atoms with Gasteiger partial charge in [-0.1, -0.05) is 13.0 Å². The Labute approximate surface area is 95.3 Å². The molecule has 88 valence electrons. The summed E-state index contributed by atoms with van der Waals surface area (Å²) in [4.78, 5) is 0. The van der Waals surface area contributed by atoms with Crippen molar-refractivity contribution in [3.8, 4) is 17.2 Å². The molecule has 2 N–H and O–H groups in total. The summed E-state index contributed by atoms with van der Waals surface area (Å²) in [5.74, 6) is 2.43. The van der Waals surface area contributed by atoms with E-state index in [0.29, 0.717) is 25.5 Å². The van der Waals surface area contributed by atoms with Crippen molar-refractivity contribution in [1.82, 2.24) is 0 Å². The molecule has 0 spiro atoms. The molecule has 0 fully saturated rings. The van der Waals surface area contributed by atoms with Crippen LogP contribution in [0.3, 0.4) is 0 Å². The van der Waals surface area contributed by atoms with Crippen LogP contribution in [0, 0.1) is 0 Å². The highest BCUT2D eigenvalue weighted by Gasteiger charge is 2.22. The normalized spacial score (nSPS) is 15.7. The summed E-state index contributed by atoms with van der Waals surface area (Å²) in [5, 5.41) is 0. The van der Waals surface area contributed by atoms with Crippen LogP contribution in [0.2, 0.25) is 0 Å². The van der Waals surface area contributed by atoms with Crippen molar-refractivity contribution in [2.24, 2.45) is 5.73 Å². The van der Waals surface area contributed by atoms with E-state index in [-0.39, 0.29) is 5.92 Å². The lowest BCUT2D eigenvalue weighted by atomic mass is 9.99. The molecule has 0 saturated carbocycles. The maximum absolute atomic E-state index is 5.68. The minimum atomic E-state index is 0.241. The number of hydrogen-bond acceptors (Lipinski definition) is 4. The van der Waals surface area contributed by atoms with Gasteiger partial charge in [0.05, 0.1) is 7.11 Å². The highest BCUT2D eigenvalue weighted by Crippen LogP contribution is 2.43. The van der Waals surface area contributed by atoms with E-state index >= 15 is 0 Å². The molecule has 0 saturated heterocycles. The van der Waals surface area contributed by atoms with Crippen molar-refractivity contribution in [3.63, 3.8) is 0 Å². The topological polar surface area (TPSA) is 53.7 Å². The van der Waals surface area contributed by atoms with Crippen LogP contribution in [-0.4, -0.2) is 26.9 Å². The van der Waals surface area contributed by atoms with E-state index in [0.717, 1.165) is 17.1 Å². The Morgan fingerprint density at radius 1 is 1.38 bits per heavy atom. The van der Waals surface area contributed by atoms with E-state index in [1.165, 1.54) is 0 Å². The van der Waals surface area contributed by atoms with Gasteiger partial charge in [0, 0.05) is 5.56 Å². The van der Waals surface area contributed by atoms with Gasteiger partial charge in [0.25, 0.3) is 0 Å². The summed E-state index contributed by atoms with van der Waals surface area (Å²) in [6.45, 7) is 3.79. The van der Waals surface area contributed by atoms with Gasteiger partial charge in [-0.3, -0.25) is 0 Å². The molecule has 1 aromatic carbocycles. The second-order valence-electron chi connectivity index (χ2n) is 3.85. The zero-order valence-corrected chi connectivity index (χ0v) is 9.66. The molecule has 1 aliphatic heterocycles. The fourth-order valence-corrected chi connectivity index (χ4v) is 1.83. The molecule has 1 heterocycles. The molecule has 1 unspecified atom stereocenters. The molecule has 2 rings (SSSR count). The summed E-state index contributed by atoms with van der Waals surface area (Å²) < 4.78 is 16.5. The first-order valence-corrected chi connectivity index (χ1v) is 5.44. The fraction of sp³-hybridized carbons (Fsp3) is 0.500. The van der Waals surface area contributed by atoms with Crippen LogP contribution in [0.15, 0.2) is 12.1 Å². The molecule has 0 aliphatic carbocycles. The Hall–Kier alpha value is -1.42. The lowest BCUT2D eigenvalue weighted by molar-refractivity contribution is 0.164. The highest BCUT2D eigenvalue weighted by molar-refractivity contribution is 5.57. The zero-order chi connectivity index (χ0) is 11.5. The molecular weight excluding hydrogens is 206 g/mol. The second-order valence-corrected chi connectivity index (χ2v) is 3.85. The molecule has 0 bridgehead atoms. The first-order valence-electron chi connectivity index (χ1n) is 5.44. The molecule has 16 heavy (non-hydrogen) atoms. The fourth-order valence-electron chi connectivity index (χ4n) is 1.83. The summed E-state index contributed by atoms with van der Waals surface area (Å²) in [6, 6.07) is 3.91. The molecule has 4 nitrogen and oxygen atoms in total. The third-order valence-corrected chi connectivity index (χ3v) is 2.78. The third kappa shape index (κ3) is 1.80. The van der Waals surface area contributed by atoms with Crippen LogP contribution in [0.25, 0.3) is 0 Å². The number of hydrogen-bond donors (Lipinski definition) is 1. The molecule has 0 aromatic heterocycles. The van der Waals surface area contributed by atoms with E-state index in [4.69, 9.17) is 19.9 Å². The minimum Gasteiger partial charge on any atom is -0.492 e. The van der Waals surface area contributed by atoms with Crippen molar-refractivity contribution >= 4 is 0 Å². The summed E-state index contributed by atoms with van der Waals surface area (Å²) in [6.07, 6.45) is 0. The monoisotopic (exact) mass is 223 g/mol. The number of benzene rings is 1. The number of fused-ring (bicyclic) bond motifs is 1. The van der Waals surface area contributed by atoms with Crippen LogP contribution >= 0.6 is 0 Å². The number of ether oxygens (including phenoxy) is 3. The highest BCUT2D eigenvalue weighted by atomic mass is 16.6. The van der Waals surface area contributed by atoms with Crippen LogP contribution < -0.4 is 19.9 Å². The van der Waals surface area contributed by atoms with E-state index in [9.17, 15) is 0 Å². The Balaban J connectivity index is 2.47. The predicted molar refractivity (Wildman–Crippen MR) is 61.5 cm³/mol. The van der Waals surface area contributed by atoms with Crippen LogP contribution in [-0.2, 0) is 0 Å². The first kappa shape index (κ1) is 11.1. The van der Waals surface area contributed by atoms with E-state index in [2.05, 4.69) is 6.92 Å². The third-order valence-electron chi connectivity index (χ3n) is 2.78. The van der Waals surface area contributed by atoms with Crippen molar-refractivity contribution in [2.75, 3.05) is 26.9 Å². The van der Waals surface area contributed by atoms with Gasteiger partial charge in [-0.15, -0.1) is 0 Å². The van der Waals surface area contributed by atoms with E-state index in [1.54, 1.807) is 7.11 Å². The van der Waals surface area contributed by atoms with Gasteiger partial charge in [0.15, 0.2) is 11.5 Å². The van der Waals surface area contributed by atoms with E-state index < -0.39 is 0 Å². The number of rotatable bonds is 3. The van der Waals surface area contributed by atoms with Crippen molar-refractivity contribution in [3.05, 3.63) is 17.7 Å². The molecular formula is C12H17NO3. The Morgan fingerprint density at radius 3 is 2.81 bits per heavy atom. The molecule has 1 aromatic rings. The Morgan fingerprint density at radius 2 is 2.12 bits per heavy atom. The largest absolute Gasteiger partial charge is 0.492 e. The first-order chi connectivity index (χ1) is 7.77. The minimum absolute atomic E-state index is 0.241. The van der Waals surface area contributed by atoms with Crippen LogP contribution in [0.1, 0.15) is 18.4 Å². The maximum Gasteiger partial charge on any atom is 0.203 e. The maximum atomic E-state index is 5.68. The van der Waals surface area contributed by atoms with Gasteiger partial charge < -0.3 is 19.9 Å². The average molecular weight is 223 g/mol. The van der Waals surface area contributed by atoms with Gasteiger partial charge in [-0.2, -0.15) is 0 Å². The summed E-state index contributed by atoms with van der Waals surface area (Å²) in [7, 11) is 1.64.